The number of rotatable bonds is 3. The molecule has 0 atom stereocenters. The average Bonchev–Trinajstić information content (AvgIpc) is 2.76. The highest BCUT2D eigenvalue weighted by Crippen LogP contribution is 2.22. The second-order valence-corrected chi connectivity index (χ2v) is 4.25. The molecule has 0 aliphatic heterocycles. The van der Waals surface area contributed by atoms with E-state index < -0.39 is 22.3 Å². The Morgan fingerprint density at radius 2 is 2.25 bits per heavy atom. The van der Waals surface area contributed by atoms with Gasteiger partial charge in [0.25, 0.3) is 5.91 Å². The summed E-state index contributed by atoms with van der Waals surface area (Å²) in [6.07, 6.45) is 0.979. The highest BCUT2D eigenvalue weighted by atomic mass is 35.5. The van der Waals surface area contributed by atoms with Gasteiger partial charge in [0.1, 0.15) is 12.0 Å². The zero-order chi connectivity index (χ0) is 14.9. The van der Waals surface area contributed by atoms with Gasteiger partial charge in [0.15, 0.2) is 0 Å². The number of nitrogens with zero attached hydrogens (tertiary/aromatic N) is 3. The van der Waals surface area contributed by atoms with Crippen LogP contribution in [0.1, 0.15) is 10.5 Å². The van der Waals surface area contributed by atoms with Crippen LogP contribution in [0.3, 0.4) is 0 Å². The van der Waals surface area contributed by atoms with Gasteiger partial charge in [-0.05, 0) is 18.2 Å². The van der Waals surface area contributed by atoms with E-state index in [0.717, 1.165) is 16.9 Å². The van der Waals surface area contributed by atoms with Crippen molar-refractivity contribution in [1.82, 2.24) is 9.78 Å². The number of hydrogen-bond donors (Lipinski definition) is 1. The Morgan fingerprint density at radius 3 is 2.85 bits per heavy atom. The normalized spacial score (nSPS) is 10.3. The highest BCUT2D eigenvalue weighted by Gasteiger charge is 2.25. The number of benzene rings is 1. The monoisotopic (exact) mass is 298 g/mol. The van der Waals surface area contributed by atoms with Gasteiger partial charge >= 0.3 is 5.69 Å². The van der Waals surface area contributed by atoms with E-state index in [4.69, 9.17) is 11.6 Å². The number of amides is 1. The van der Waals surface area contributed by atoms with Crippen LogP contribution in [0.4, 0.5) is 15.8 Å². The molecule has 20 heavy (non-hydrogen) atoms. The molecule has 1 aromatic carbocycles. The van der Waals surface area contributed by atoms with Gasteiger partial charge < -0.3 is 5.32 Å². The number of hydrogen-bond acceptors (Lipinski definition) is 4. The van der Waals surface area contributed by atoms with Gasteiger partial charge in [-0.2, -0.15) is 5.10 Å². The van der Waals surface area contributed by atoms with Crippen molar-refractivity contribution in [3.05, 3.63) is 51.0 Å². The second kappa shape index (κ2) is 5.25. The molecule has 0 aliphatic carbocycles. The first-order valence-corrected chi connectivity index (χ1v) is 5.70. The minimum absolute atomic E-state index is 0.165. The molecule has 9 heteroatoms. The van der Waals surface area contributed by atoms with Crippen LogP contribution in [0.2, 0.25) is 5.02 Å². The molecule has 0 radical (unpaired) electrons. The summed E-state index contributed by atoms with van der Waals surface area (Å²) < 4.78 is 14.1. The van der Waals surface area contributed by atoms with Crippen LogP contribution < -0.4 is 5.32 Å². The van der Waals surface area contributed by atoms with E-state index in [0.29, 0.717) is 0 Å². The van der Waals surface area contributed by atoms with Crippen molar-refractivity contribution in [2.24, 2.45) is 7.05 Å². The molecular formula is C11H8ClFN4O3. The topological polar surface area (TPSA) is 90.1 Å². The van der Waals surface area contributed by atoms with E-state index in [-0.39, 0.29) is 16.4 Å². The first-order valence-electron chi connectivity index (χ1n) is 5.33. The third-order valence-electron chi connectivity index (χ3n) is 2.51. The van der Waals surface area contributed by atoms with Crippen LogP contribution in [0.5, 0.6) is 0 Å². The Bertz CT molecular complexity index is 701. The van der Waals surface area contributed by atoms with E-state index in [1.807, 2.05) is 0 Å². The van der Waals surface area contributed by atoms with Gasteiger partial charge in [-0.25, -0.2) is 4.39 Å². The van der Waals surface area contributed by atoms with E-state index >= 15 is 0 Å². The van der Waals surface area contributed by atoms with E-state index in [1.165, 1.54) is 19.2 Å². The summed E-state index contributed by atoms with van der Waals surface area (Å²) in [5, 5.41) is 16.7. The SMILES string of the molecule is Cn1ncc([N+](=O)[O-])c1C(=O)Nc1ccc(F)c(Cl)c1. The predicted octanol–water partition coefficient (Wildman–Crippen LogP) is 2.37. The van der Waals surface area contributed by atoms with Crippen molar-refractivity contribution in [2.45, 2.75) is 0 Å². The Balaban J connectivity index is 2.30. The summed E-state index contributed by atoms with van der Waals surface area (Å²) >= 11 is 5.58. The maximum absolute atomic E-state index is 13.0. The second-order valence-electron chi connectivity index (χ2n) is 3.84. The number of anilines is 1. The Labute approximate surface area is 117 Å². The molecule has 2 aromatic rings. The fourth-order valence-corrected chi connectivity index (χ4v) is 1.77. The van der Waals surface area contributed by atoms with Crippen molar-refractivity contribution < 1.29 is 14.1 Å². The minimum atomic E-state index is -0.737. The smallest absolute Gasteiger partial charge is 0.320 e. The number of nitrogens with one attached hydrogen (secondary N) is 1. The fraction of sp³-hybridized carbons (Fsp3) is 0.0909. The Hall–Kier alpha value is -2.48. The molecule has 0 saturated heterocycles. The molecule has 7 nitrogen and oxygen atoms in total. The lowest BCUT2D eigenvalue weighted by molar-refractivity contribution is -0.385. The third-order valence-corrected chi connectivity index (χ3v) is 2.80. The summed E-state index contributed by atoms with van der Waals surface area (Å²) in [6.45, 7) is 0. The molecule has 2 rings (SSSR count). The molecule has 0 fully saturated rings. The molecule has 0 spiro atoms. The maximum Gasteiger partial charge on any atom is 0.320 e. The maximum atomic E-state index is 13.0. The van der Waals surface area contributed by atoms with Crippen LogP contribution in [-0.4, -0.2) is 20.6 Å². The van der Waals surface area contributed by atoms with Gasteiger partial charge in [0.05, 0.1) is 9.95 Å². The van der Waals surface area contributed by atoms with Crippen molar-refractivity contribution in [3.8, 4) is 0 Å². The van der Waals surface area contributed by atoms with Gasteiger partial charge in [-0.15, -0.1) is 0 Å². The van der Waals surface area contributed by atoms with Gasteiger partial charge in [0, 0.05) is 12.7 Å². The number of carbonyl (C=O) groups is 1. The van der Waals surface area contributed by atoms with E-state index in [1.54, 1.807) is 0 Å². The molecule has 0 bridgehead atoms. The highest BCUT2D eigenvalue weighted by molar-refractivity contribution is 6.31. The number of nitro groups is 1. The average molecular weight is 299 g/mol. The molecule has 0 aliphatic rings. The lowest BCUT2D eigenvalue weighted by atomic mass is 10.3. The largest absolute Gasteiger partial charge is 0.320 e. The molecule has 1 amide bonds. The van der Waals surface area contributed by atoms with Crippen molar-refractivity contribution in [3.63, 3.8) is 0 Å². The lowest BCUT2D eigenvalue weighted by Gasteiger charge is -2.06. The molecule has 104 valence electrons. The van der Waals surface area contributed by atoms with Crippen molar-refractivity contribution in [1.29, 1.82) is 0 Å². The van der Waals surface area contributed by atoms with Crippen LogP contribution in [0, 0.1) is 15.9 Å². The minimum Gasteiger partial charge on any atom is -0.320 e. The van der Waals surface area contributed by atoms with Gasteiger partial charge in [0.2, 0.25) is 5.69 Å². The van der Waals surface area contributed by atoms with Crippen LogP contribution in [-0.2, 0) is 7.05 Å². The lowest BCUT2D eigenvalue weighted by Crippen LogP contribution is -2.17. The standard InChI is InChI=1S/C11H8ClFN4O3/c1-16-10(9(5-14-16)17(19)20)11(18)15-6-2-3-8(13)7(12)4-6/h2-5H,1H3,(H,15,18). The van der Waals surface area contributed by atoms with Crippen LogP contribution in [0.25, 0.3) is 0 Å². The molecule has 0 saturated carbocycles. The Morgan fingerprint density at radius 1 is 1.55 bits per heavy atom. The molecule has 1 N–H and O–H groups in total. The number of aromatic nitrogens is 2. The molecule has 1 aromatic heterocycles. The first-order chi connectivity index (χ1) is 9.40. The molecular weight excluding hydrogens is 291 g/mol. The van der Waals surface area contributed by atoms with Crippen LogP contribution >= 0.6 is 11.6 Å². The Kier molecular flexibility index (Phi) is 3.66. The number of carbonyl (C=O) groups excluding carboxylic acids is 1. The first kappa shape index (κ1) is 13.9. The zero-order valence-corrected chi connectivity index (χ0v) is 10.9. The summed E-state index contributed by atoms with van der Waals surface area (Å²) in [7, 11) is 1.40. The van der Waals surface area contributed by atoms with Crippen molar-refractivity contribution >= 4 is 28.9 Å². The van der Waals surface area contributed by atoms with Gasteiger partial charge in [-0.3, -0.25) is 19.6 Å². The summed E-state index contributed by atoms with van der Waals surface area (Å²) in [5.74, 6) is -1.37. The number of aryl methyl sites for hydroxylation is 1. The quantitative estimate of drug-likeness (QED) is 0.695. The van der Waals surface area contributed by atoms with E-state index in [9.17, 15) is 19.3 Å². The fourth-order valence-electron chi connectivity index (χ4n) is 1.59. The summed E-state index contributed by atoms with van der Waals surface area (Å²) in [5.41, 5.74) is -0.412. The summed E-state index contributed by atoms with van der Waals surface area (Å²) in [6, 6.07) is 3.58. The third kappa shape index (κ3) is 2.59. The predicted molar refractivity (Wildman–Crippen MR) is 69.2 cm³/mol. The van der Waals surface area contributed by atoms with Crippen LogP contribution in [0.15, 0.2) is 24.4 Å². The van der Waals surface area contributed by atoms with E-state index in [2.05, 4.69) is 10.4 Å². The zero-order valence-electron chi connectivity index (χ0n) is 10.1. The molecule has 0 unspecified atom stereocenters. The van der Waals surface area contributed by atoms with Crippen molar-refractivity contribution in [2.75, 3.05) is 5.32 Å². The number of halogens is 2. The summed E-state index contributed by atoms with van der Waals surface area (Å²) in [4.78, 5) is 22.1. The van der Waals surface area contributed by atoms with Gasteiger partial charge in [-0.1, -0.05) is 11.6 Å². The molecule has 1 heterocycles.